The summed E-state index contributed by atoms with van der Waals surface area (Å²) in [6.07, 6.45) is 2.68. The summed E-state index contributed by atoms with van der Waals surface area (Å²) in [6.45, 7) is 4.57. The van der Waals surface area contributed by atoms with Crippen molar-refractivity contribution in [2.75, 3.05) is 11.9 Å². The lowest BCUT2D eigenvalue weighted by Gasteiger charge is -2.11. The predicted octanol–water partition coefficient (Wildman–Crippen LogP) is 3.85. The number of esters is 1. The number of anilines is 1. The van der Waals surface area contributed by atoms with Crippen molar-refractivity contribution in [1.29, 1.82) is 0 Å². The van der Waals surface area contributed by atoms with E-state index in [0.29, 0.717) is 30.4 Å². The molecule has 0 spiro atoms. The minimum absolute atomic E-state index is 0.0905. The number of carbonyl (C=O) groups is 1. The van der Waals surface area contributed by atoms with Crippen LogP contribution in [0.3, 0.4) is 0 Å². The number of aromatic amines is 1. The Balaban J connectivity index is 1.52. The number of hydrogen-bond acceptors (Lipinski definition) is 9. The summed E-state index contributed by atoms with van der Waals surface area (Å²) in [7, 11) is 0. The highest BCUT2D eigenvalue weighted by Gasteiger charge is 2.18. The first kappa shape index (κ1) is 23.0. The Morgan fingerprint density at radius 1 is 1.00 bits per heavy atom. The third-order valence-electron chi connectivity index (χ3n) is 5.19. The maximum absolute atomic E-state index is 12.3. The van der Waals surface area contributed by atoms with E-state index in [2.05, 4.69) is 48.0 Å². The van der Waals surface area contributed by atoms with Gasteiger partial charge in [-0.2, -0.15) is 5.21 Å². The van der Waals surface area contributed by atoms with Gasteiger partial charge in [-0.25, -0.2) is 9.78 Å². The van der Waals surface area contributed by atoms with Gasteiger partial charge in [0.2, 0.25) is 11.5 Å². The highest BCUT2D eigenvalue weighted by Crippen LogP contribution is 2.29. The van der Waals surface area contributed by atoms with Crippen molar-refractivity contribution in [3.63, 3.8) is 0 Å². The first-order chi connectivity index (χ1) is 16.7. The van der Waals surface area contributed by atoms with Gasteiger partial charge in [0.15, 0.2) is 11.6 Å². The quantitative estimate of drug-likeness (QED) is 0.340. The minimum atomic E-state index is -0.541. The molecule has 0 saturated heterocycles. The van der Waals surface area contributed by atoms with Crippen LogP contribution in [0.1, 0.15) is 48.6 Å². The number of hydrogen-bond donors (Lipinski definition) is 2. The Kier molecular flexibility index (Phi) is 7.49. The SMILES string of the molecule is CCCCc1nnc(C(=O)OCC)c(NCc2ccc(-c3ccccc3-c3nn[nH]n3)cc2)n1. The topological polar surface area (TPSA) is 131 Å². The molecule has 0 atom stereocenters. The molecule has 4 aromatic rings. The van der Waals surface area contributed by atoms with Crippen molar-refractivity contribution < 1.29 is 9.53 Å². The van der Waals surface area contributed by atoms with E-state index in [1.165, 1.54) is 0 Å². The molecule has 0 saturated carbocycles. The zero-order valence-corrected chi connectivity index (χ0v) is 19.2. The van der Waals surface area contributed by atoms with Gasteiger partial charge < -0.3 is 10.1 Å². The molecular weight excluding hydrogens is 432 g/mol. The fourth-order valence-electron chi connectivity index (χ4n) is 3.45. The van der Waals surface area contributed by atoms with E-state index >= 15 is 0 Å². The summed E-state index contributed by atoms with van der Waals surface area (Å²) in [5.41, 5.74) is 4.04. The molecule has 0 bridgehead atoms. The molecule has 0 unspecified atom stereocenters. The normalized spacial score (nSPS) is 10.8. The van der Waals surface area contributed by atoms with Gasteiger partial charge in [0.1, 0.15) is 0 Å². The number of benzene rings is 2. The first-order valence-electron chi connectivity index (χ1n) is 11.3. The Morgan fingerprint density at radius 3 is 2.50 bits per heavy atom. The molecule has 2 heterocycles. The summed E-state index contributed by atoms with van der Waals surface area (Å²) in [5.74, 6) is 0.986. The Bertz CT molecular complexity index is 1230. The molecule has 0 aliphatic heterocycles. The molecule has 0 aliphatic carbocycles. The van der Waals surface area contributed by atoms with Gasteiger partial charge >= 0.3 is 5.97 Å². The molecule has 0 aliphatic rings. The molecule has 174 valence electrons. The zero-order chi connectivity index (χ0) is 23.8. The summed E-state index contributed by atoms with van der Waals surface area (Å²) >= 11 is 0. The Labute approximate surface area is 197 Å². The number of carbonyl (C=O) groups excluding carboxylic acids is 1. The van der Waals surface area contributed by atoms with E-state index in [-0.39, 0.29) is 12.3 Å². The number of rotatable bonds is 10. The molecule has 10 heteroatoms. The maximum atomic E-state index is 12.3. The Hall–Kier alpha value is -4.21. The number of nitrogens with one attached hydrogen (secondary N) is 2. The fraction of sp³-hybridized carbons (Fsp3) is 0.292. The number of tetrazole rings is 1. The molecule has 4 rings (SSSR count). The predicted molar refractivity (Wildman–Crippen MR) is 127 cm³/mol. The van der Waals surface area contributed by atoms with Crippen LogP contribution in [-0.2, 0) is 17.7 Å². The smallest absolute Gasteiger partial charge is 0.362 e. The number of H-pyrrole nitrogens is 1. The molecular formula is C24H26N8O2. The molecule has 2 N–H and O–H groups in total. The second-order valence-corrected chi connectivity index (χ2v) is 7.58. The number of unbranched alkanes of at least 4 members (excludes halogenated alkanes) is 1. The van der Waals surface area contributed by atoms with E-state index in [4.69, 9.17) is 4.74 Å². The van der Waals surface area contributed by atoms with Crippen LogP contribution in [-0.4, -0.2) is 48.4 Å². The average molecular weight is 459 g/mol. The van der Waals surface area contributed by atoms with Crippen LogP contribution in [0.2, 0.25) is 0 Å². The van der Waals surface area contributed by atoms with E-state index in [1.807, 2.05) is 48.5 Å². The van der Waals surface area contributed by atoms with E-state index in [1.54, 1.807) is 6.92 Å². The van der Waals surface area contributed by atoms with Crippen molar-refractivity contribution in [3.8, 4) is 22.5 Å². The molecule has 0 fully saturated rings. The van der Waals surface area contributed by atoms with Crippen LogP contribution < -0.4 is 5.32 Å². The summed E-state index contributed by atoms with van der Waals surface area (Å²) in [6, 6.07) is 16.0. The zero-order valence-electron chi connectivity index (χ0n) is 19.2. The highest BCUT2D eigenvalue weighted by atomic mass is 16.5. The van der Waals surface area contributed by atoms with Gasteiger partial charge in [0, 0.05) is 18.5 Å². The molecule has 0 radical (unpaired) electrons. The molecule has 2 aromatic heterocycles. The van der Waals surface area contributed by atoms with Crippen molar-refractivity contribution >= 4 is 11.8 Å². The third kappa shape index (κ3) is 5.40. The third-order valence-corrected chi connectivity index (χ3v) is 5.19. The number of aromatic nitrogens is 7. The molecule has 34 heavy (non-hydrogen) atoms. The number of ether oxygens (including phenoxy) is 1. The lowest BCUT2D eigenvalue weighted by atomic mass is 9.98. The second kappa shape index (κ2) is 11.1. The van der Waals surface area contributed by atoms with Crippen LogP contribution in [0, 0.1) is 0 Å². The van der Waals surface area contributed by atoms with Gasteiger partial charge in [-0.05, 0) is 35.2 Å². The van der Waals surface area contributed by atoms with Crippen LogP contribution in [0.25, 0.3) is 22.5 Å². The lowest BCUT2D eigenvalue weighted by molar-refractivity contribution is 0.0518. The molecule has 2 aromatic carbocycles. The van der Waals surface area contributed by atoms with Crippen LogP contribution in [0.5, 0.6) is 0 Å². The fourth-order valence-corrected chi connectivity index (χ4v) is 3.45. The van der Waals surface area contributed by atoms with Crippen molar-refractivity contribution in [2.45, 2.75) is 39.7 Å². The number of nitrogens with zero attached hydrogens (tertiary/aromatic N) is 6. The van der Waals surface area contributed by atoms with Crippen molar-refractivity contribution in [3.05, 3.63) is 65.6 Å². The lowest BCUT2D eigenvalue weighted by Crippen LogP contribution is -2.16. The van der Waals surface area contributed by atoms with Crippen LogP contribution in [0.15, 0.2) is 48.5 Å². The summed E-state index contributed by atoms with van der Waals surface area (Å²) in [5, 5.41) is 25.8. The minimum Gasteiger partial charge on any atom is -0.461 e. The number of aryl methyl sites for hydroxylation is 1. The summed E-state index contributed by atoms with van der Waals surface area (Å²) in [4.78, 5) is 16.8. The van der Waals surface area contributed by atoms with Crippen molar-refractivity contribution in [1.82, 2.24) is 35.8 Å². The maximum Gasteiger partial charge on any atom is 0.362 e. The van der Waals surface area contributed by atoms with Gasteiger partial charge in [-0.1, -0.05) is 61.9 Å². The van der Waals surface area contributed by atoms with E-state index in [0.717, 1.165) is 35.1 Å². The first-order valence-corrected chi connectivity index (χ1v) is 11.3. The van der Waals surface area contributed by atoms with Gasteiger partial charge in [0.25, 0.3) is 0 Å². The largest absolute Gasteiger partial charge is 0.461 e. The van der Waals surface area contributed by atoms with Gasteiger partial charge in [-0.15, -0.1) is 20.4 Å². The van der Waals surface area contributed by atoms with Crippen LogP contribution >= 0.6 is 0 Å². The van der Waals surface area contributed by atoms with Crippen molar-refractivity contribution in [2.24, 2.45) is 0 Å². The van der Waals surface area contributed by atoms with Crippen LogP contribution in [0.4, 0.5) is 5.82 Å². The van der Waals surface area contributed by atoms with E-state index < -0.39 is 5.97 Å². The van der Waals surface area contributed by atoms with E-state index in [9.17, 15) is 4.79 Å². The molecule has 10 nitrogen and oxygen atoms in total. The summed E-state index contributed by atoms with van der Waals surface area (Å²) < 4.78 is 5.11. The average Bonchev–Trinajstić information content (AvgIpc) is 3.42. The second-order valence-electron chi connectivity index (χ2n) is 7.58. The van der Waals surface area contributed by atoms with Gasteiger partial charge in [0.05, 0.1) is 6.61 Å². The standard InChI is InChI=1S/C24H26N8O2/c1-3-5-10-20-26-23(21(28-27-20)24(33)34-4-2)25-15-16-11-13-17(14-12-16)18-8-6-7-9-19(18)22-29-31-32-30-22/h6-9,11-14H,3-5,10,15H2,1-2H3,(H,25,26,27)(H,29,30,31,32). The monoisotopic (exact) mass is 458 g/mol. The Morgan fingerprint density at radius 2 is 1.79 bits per heavy atom. The molecule has 0 amide bonds. The highest BCUT2D eigenvalue weighted by molar-refractivity contribution is 5.92. The van der Waals surface area contributed by atoms with Gasteiger partial charge in [-0.3, -0.25) is 0 Å².